The normalized spacial score (nSPS) is 14.5. The number of fused-ring (bicyclic) bond motifs is 3. The number of ketones is 3. The van der Waals surface area contributed by atoms with Crippen molar-refractivity contribution >= 4 is 64.0 Å². The summed E-state index contributed by atoms with van der Waals surface area (Å²) in [4.78, 5) is 107. The Labute approximate surface area is 604 Å². The number of primary amides is 1. The first-order chi connectivity index (χ1) is 50.0. The van der Waals surface area contributed by atoms with Gasteiger partial charge in [0.1, 0.15) is 29.5 Å². The lowest BCUT2D eigenvalue weighted by Crippen LogP contribution is -2.70. The molecule has 9 rings (SSSR count). The fraction of sp³-hybridized carbons (Fsp3) is 0.506. The fourth-order valence-corrected chi connectivity index (χ4v) is 13.2. The van der Waals surface area contributed by atoms with E-state index in [4.69, 9.17) is 44.6 Å². The van der Waals surface area contributed by atoms with Crippen LogP contribution < -0.4 is 31.7 Å². The van der Waals surface area contributed by atoms with Crippen molar-refractivity contribution in [2.45, 2.75) is 149 Å². The summed E-state index contributed by atoms with van der Waals surface area (Å²) in [5, 5.41) is 5.46. The molecule has 0 radical (unpaired) electrons. The summed E-state index contributed by atoms with van der Waals surface area (Å²) in [7, 11) is 1.69. The van der Waals surface area contributed by atoms with Crippen molar-refractivity contribution in [2.75, 3.05) is 110 Å². The van der Waals surface area contributed by atoms with Crippen molar-refractivity contribution in [3.05, 3.63) is 148 Å². The predicted molar refractivity (Wildman–Crippen MR) is 391 cm³/mol. The standard InChI is InChI=1S/C79H102N10O14/c1-5-6-7-8-19-68-74-69(85-76(80)84-68)32-35-87(74)50-63-27-26-59(47-72(63)97-4)49-86-53-79(54-86)55-88(36-39-103-79)78(96)102-52-58-24-22-57(23-25-58)46-71(92)67(20-13-34-82-77(81)95)83-75(94)66(56(2)3)48-65(91)33-38-99-41-43-101-45-44-100-42-40-98-37-14-18-64(90)30-31-73(93)89-51-62-17-10-9-15-60(62)28-29-61-16-11-12-21-70(61)89/h9-12,15-17,21-27,32,35,47,56,66-67H,5-8,13-14,18-20,30-31,33-34,36-46,48-55H2,1-4H3,(H,83,94)(H2,80,84,85)(H3,81,82,95)/t66-,67-/m0/s1. The van der Waals surface area contributed by atoms with Gasteiger partial charge in [-0.2, -0.15) is 0 Å². The Balaban J connectivity index is 0.620. The van der Waals surface area contributed by atoms with Gasteiger partial charge in [0, 0.05) is 107 Å². The molecule has 3 aliphatic heterocycles. The lowest BCUT2D eigenvalue weighted by atomic mass is 9.88. The number of aromatic nitrogens is 3. The third-order valence-corrected chi connectivity index (χ3v) is 18.8. The fourth-order valence-electron chi connectivity index (χ4n) is 13.2. The number of carbonyl (C=O) groups excluding carboxylic acids is 7. The number of urea groups is 1. The second-order valence-corrected chi connectivity index (χ2v) is 27.1. The Morgan fingerprint density at radius 2 is 1.41 bits per heavy atom. The van der Waals surface area contributed by atoms with Gasteiger partial charge in [0.15, 0.2) is 5.78 Å². The van der Waals surface area contributed by atoms with Crippen LogP contribution in [0.15, 0.2) is 103 Å². The van der Waals surface area contributed by atoms with Crippen LogP contribution in [-0.2, 0) is 91.5 Å². The van der Waals surface area contributed by atoms with Gasteiger partial charge in [0.25, 0.3) is 0 Å². The Morgan fingerprint density at radius 1 is 0.709 bits per heavy atom. The molecule has 24 nitrogen and oxygen atoms in total. The predicted octanol–water partition coefficient (Wildman–Crippen LogP) is 9.23. The van der Waals surface area contributed by atoms with Crippen molar-refractivity contribution in [1.82, 2.24) is 35.0 Å². The summed E-state index contributed by atoms with van der Waals surface area (Å²) >= 11 is 0. The minimum absolute atomic E-state index is 0.00283. The number of carbonyl (C=O) groups is 7. The molecule has 2 atom stereocenters. The molecule has 1 spiro atoms. The van der Waals surface area contributed by atoms with E-state index in [1.165, 1.54) is 6.42 Å². The molecular weight excluding hydrogens is 1310 g/mol. The Kier molecular flexibility index (Phi) is 30.4. The van der Waals surface area contributed by atoms with Crippen LogP contribution >= 0.6 is 0 Å². The average Bonchev–Trinajstić information content (AvgIpc) is 1.73. The van der Waals surface area contributed by atoms with Gasteiger partial charge in [-0.15, -0.1) is 0 Å². The molecule has 0 saturated carbocycles. The number of rotatable bonds is 43. The molecule has 2 fully saturated rings. The number of hydrogen-bond acceptors (Lipinski definition) is 18. The van der Waals surface area contributed by atoms with Crippen LogP contribution in [0.3, 0.4) is 0 Å². The van der Waals surface area contributed by atoms with Gasteiger partial charge < -0.3 is 69.6 Å². The number of likely N-dealkylation sites (tertiary alicyclic amines) is 1. The molecule has 24 heteroatoms. The number of hydrogen-bond donors (Lipinski definition) is 4. The van der Waals surface area contributed by atoms with Crippen LogP contribution in [0.2, 0.25) is 0 Å². The summed E-state index contributed by atoms with van der Waals surface area (Å²) in [6.45, 7) is 12.8. The number of methoxy groups -OCH3 is 1. The van der Waals surface area contributed by atoms with E-state index in [0.717, 1.165) is 87.2 Å². The first-order valence-corrected chi connectivity index (χ1v) is 36.3. The molecule has 6 N–H and O–H groups in total. The van der Waals surface area contributed by atoms with Gasteiger partial charge in [-0.05, 0) is 90.6 Å². The maximum absolute atomic E-state index is 14.0. The minimum atomic E-state index is -0.906. The summed E-state index contributed by atoms with van der Waals surface area (Å²) < 4.78 is 42.8. The van der Waals surface area contributed by atoms with E-state index in [-0.39, 0.29) is 94.1 Å². The third kappa shape index (κ3) is 24.0. The highest BCUT2D eigenvalue weighted by Crippen LogP contribution is 2.34. The van der Waals surface area contributed by atoms with E-state index in [9.17, 15) is 33.6 Å². The maximum Gasteiger partial charge on any atom is 0.410 e. The quantitative estimate of drug-likeness (QED) is 0.0205. The van der Waals surface area contributed by atoms with E-state index in [2.05, 4.69) is 67.0 Å². The van der Waals surface area contributed by atoms with Gasteiger partial charge in [0.05, 0.1) is 108 Å². The van der Waals surface area contributed by atoms with Gasteiger partial charge in [-0.3, -0.25) is 28.9 Å². The van der Waals surface area contributed by atoms with Gasteiger partial charge >= 0.3 is 12.1 Å². The van der Waals surface area contributed by atoms with E-state index in [1.807, 2.05) is 74.6 Å². The number of ether oxygens (including phenoxy) is 7. The maximum atomic E-state index is 14.0. The molecule has 4 aromatic carbocycles. The zero-order valence-electron chi connectivity index (χ0n) is 60.2. The highest BCUT2D eigenvalue weighted by Gasteiger charge is 2.48. The van der Waals surface area contributed by atoms with Crippen molar-refractivity contribution in [3.8, 4) is 17.6 Å². The molecule has 2 aromatic heterocycles. The second-order valence-electron chi connectivity index (χ2n) is 27.1. The lowest BCUT2D eigenvalue weighted by molar-refractivity contribution is -0.181. The summed E-state index contributed by atoms with van der Waals surface area (Å²) in [5.41, 5.74) is 20.6. The Hall–Kier alpha value is -9.09. The van der Waals surface area contributed by atoms with Crippen LogP contribution in [0.5, 0.6) is 5.75 Å². The smallest absolute Gasteiger partial charge is 0.410 e. The number of anilines is 2. The highest BCUT2D eigenvalue weighted by molar-refractivity contribution is 5.97. The zero-order chi connectivity index (χ0) is 72.9. The average molecular weight is 1420 g/mol. The first kappa shape index (κ1) is 78.1. The molecule has 0 bridgehead atoms. The van der Waals surface area contributed by atoms with Crippen LogP contribution in [0.1, 0.15) is 142 Å². The van der Waals surface area contributed by atoms with Crippen LogP contribution in [0.25, 0.3) is 11.0 Å². The van der Waals surface area contributed by atoms with E-state index in [0.29, 0.717) is 123 Å². The summed E-state index contributed by atoms with van der Waals surface area (Å²) in [5.74, 6) is 5.65. The molecule has 5 heterocycles. The molecule has 0 aliphatic carbocycles. The summed E-state index contributed by atoms with van der Waals surface area (Å²) in [6.07, 6.45) is 8.72. The Morgan fingerprint density at radius 3 is 2.15 bits per heavy atom. The number of nitrogens with one attached hydrogen (secondary N) is 2. The Bertz CT molecular complexity index is 3880. The number of benzene rings is 4. The number of nitrogens with two attached hydrogens (primary N) is 2. The second kappa shape index (κ2) is 40.1. The number of nitrogens with zero attached hydrogens (tertiary/aromatic N) is 6. The van der Waals surface area contributed by atoms with Crippen molar-refractivity contribution in [3.63, 3.8) is 0 Å². The molecule has 552 valence electrons. The number of Topliss-reactive ketones (excluding diaryl/α,β-unsaturated/α-hetero) is 3. The van der Waals surface area contributed by atoms with E-state index >= 15 is 0 Å². The van der Waals surface area contributed by atoms with Crippen molar-refractivity contribution < 1.29 is 66.7 Å². The third-order valence-electron chi connectivity index (χ3n) is 18.8. The van der Waals surface area contributed by atoms with Gasteiger partial charge in [-0.1, -0.05) is 119 Å². The molecule has 6 aromatic rings. The van der Waals surface area contributed by atoms with Crippen LogP contribution in [0, 0.1) is 23.7 Å². The number of para-hydroxylation sites is 1. The SMILES string of the molecule is CCCCCCc1nc(N)nc2ccn(Cc3ccc(CN4CC5(C4)CN(C(=O)OCc4ccc(CC(=O)[C@H](CCCNC(N)=O)NC(=O)[C@@H](CC(=O)CCOCCOCCOCCOCCCC(=O)CCC(=O)N6Cc7ccccc7C#Cc7ccccc76)C(C)C)cc4)CCO5)cc3OC)c12. The van der Waals surface area contributed by atoms with Crippen molar-refractivity contribution in [1.29, 1.82) is 0 Å². The van der Waals surface area contributed by atoms with Gasteiger partial charge in [0.2, 0.25) is 17.8 Å². The molecule has 5 amide bonds. The molecule has 3 aliphatic rings. The molecule has 2 saturated heterocycles. The molecule has 0 unspecified atom stereocenters. The number of morpholine rings is 1. The molecular formula is C79H102N10O14. The van der Waals surface area contributed by atoms with E-state index in [1.54, 1.807) is 41.2 Å². The first-order valence-electron chi connectivity index (χ1n) is 36.3. The highest BCUT2D eigenvalue weighted by atomic mass is 16.6. The number of nitrogen functional groups attached to an aromatic ring is 1. The summed E-state index contributed by atoms with van der Waals surface area (Å²) in [6, 6.07) is 29.3. The molecule has 103 heavy (non-hydrogen) atoms. The number of aryl methyl sites for hydroxylation is 1. The van der Waals surface area contributed by atoms with Crippen LogP contribution in [-0.4, -0.2) is 177 Å². The zero-order valence-corrected chi connectivity index (χ0v) is 60.2. The topological polar surface area (TPSA) is 301 Å². The largest absolute Gasteiger partial charge is 0.496 e. The van der Waals surface area contributed by atoms with Crippen molar-refractivity contribution in [2.24, 2.45) is 17.6 Å². The lowest BCUT2D eigenvalue weighted by Gasteiger charge is -2.53. The van der Waals surface area contributed by atoms with Gasteiger partial charge in [-0.25, -0.2) is 19.6 Å². The van der Waals surface area contributed by atoms with Crippen LogP contribution in [0.4, 0.5) is 21.2 Å². The monoisotopic (exact) mass is 1410 g/mol. The number of amides is 5. The van der Waals surface area contributed by atoms with E-state index < -0.39 is 35.6 Å². The number of unbranched alkanes of at least 4 members (excludes halogenated alkanes) is 3. The minimum Gasteiger partial charge on any atom is -0.496 e.